The normalized spacial score (nSPS) is 11.6. The number of halogens is 5. The summed E-state index contributed by atoms with van der Waals surface area (Å²) >= 11 is 3.06. The number of alkyl halides is 3. The Labute approximate surface area is 136 Å². The second kappa shape index (κ2) is 6.19. The molecule has 0 amide bonds. The standard InChI is InChI=1S/C13H10BrF4N3O2/c1-23-12(22)9-10(7-3-2-6(14)4-8(7)15)20-21(11(9)19)5-13(16,17)18/h2-4H,5,19H2,1H3. The lowest BCUT2D eigenvalue weighted by Gasteiger charge is -2.07. The van der Waals surface area contributed by atoms with Crippen LogP contribution in [0.25, 0.3) is 11.3 Å². The van der Waals surface area contributed by atoms with Crippen molar-refractivity contribution in [1.29, 1.82) is 0 Å². The van der Waals surface area contributed by atoms with E-state index in [4.69, 9.17) is 5.73 Å². The number of nitrogens with two attached hydrogens (primary N) is 1. The van der Waals surface area contributed by atoms with Crippen molar-refractivity contribution in [2.24, 2.45) is 0 Å². The molecule has 0 bridgehead atoms. The van der Waals surface area contributed by atoms with Crippen molar-refractivity contribution in [3.8, 4) is 11.3 Å². The third-order valence-corrected chi connectivity index (χ3v) is 3.39. The first kappa shape index (κ1) is 17.3. The molecule has 0 radical (unpaired) electrons. The smallest absolute Gasteiger partial charge is 0.408 e. The molecule has 0 aliphatic rings. The molecule has 0 aliphatic heterocycles. The maximum Gasteiger partial charge on any atom is 0.408 e. The van der Waals surface area contributed by atoms with Crippen molar-refractivity contribution in [2.45, 2.75) is 12.7 Å². The number of benzene rings is 1. The summed E-state index contributed by atoms with van der Waals surface area (Å²) in [5.41, 5.74) is 4.67. The molecule has 0 fully saturated rings. The van der Waals surface area contributed by atoms with Gasteiger partial charge in [-0.1, -0.05) is 15.9 Å². The molecular weight excluding hydrogens is 386 g/mol. The van der Waals surface area contributed by atoms with Gasteiger partial charge in [0.2, 0.25) is 0 Å². The molecule has 0 atom stereocenters. The van der Waals surface area contributed by atoms with Gasteiger partial charge in [-0.25, -0.2) is 13.9 Å². The van der Waals surface area contributed by atoms with Gasteiger partial charge in [-0.2, -0.15) is 18.3 Å². The van der Waals surface area contributed by atoms with Crippen LogP contribution in [0, 0.1) is 5.82 Å². The highest BCUT2D eigenvalue weighted by Gasteiger charge is 2.33. The van der Waals surface area contributed by atoms with E-state index in [1.54, 1.807) is 0 Å². The third-order valence-electron chi connectivity index (χ3n) is 2.90. The van der Waals surface area contributed by atoms with Crippen molar-refractivity contribution in [1.82, 2.24) is 9.78 Å². The van der Waals surface area contributed by atoms with Crippen molar-refractivity contribution < 1.29 is 27.1 Å². The fraction of sp³-hybridized carbons (Fsp3) is 0.231. The number of carbonyl (C=O) groups is 1. The van der Waals surface area contributed by atoms with Crippen molar-refractivity contribution >= 4 is 27.7 Å². The van der Waals surface area contributed by atoms with Crippen LogP contribution in [-0.2, 0) is 11.3 Å². The van der Waals surface area contributed by atoms with Crippen LogP contribution >= 0.6 is 15.9 Å². The van der Waals surface area contributed by atoms with Crippen LogP contribution in [0.5, 0.6) is 0 Å². The van der Waals surface area contributed by atoms with E-state index in [0.717, 1.165) is 13.2 Å². The molecule has 23 heavy (non-hydrogen) atoms. The lowest BCUT2D eigenvalue weighted by Crippen LogP contribution is -2.20. The first-order valence-corrected chi connectivity index (χ1v) is 6.90. The molecule has 10 heteroatoms. The number of nitrogens with zero attached hydrogens (tertiary/aromatic N) is 2. The second-order valence-electron chi connectivity index (χ2n) is 4.50. The highest BCUT2D eigenvalue weighted by Crippen LogP contribution is 2.32. The quantitative estimate of drug-likeness (QED) is 0.638. The average molecular weight is 396 g/mol. The highest BCUT2D eigenvalue weighted by molar-refractivity contribution is 9.10. The lowest BCUT2D eigenvalue weighted by atomic mass is 10.1. The Bertz CT molecular complexity index is 758. The molecule has 5 nitrogen and oxygen atoms in total. The number of anilines is 1. The van der Waals surface area contributed by atoms with E-state index in [1.165, 1.54) is 12.1 Å². The molecule has 124 valence electrons. The Morgan fingerprint density at radius 1 is 1.43 bits per heavy atom. The van der Waals surface area contributed by atoms with Gasteiger partial charge in [0.25, 0.3) is 0 Å². The predicted octanol–water partition coefficient (Wildman–Crippen LogP) is 3.38. The van der Waals surface area contributed by atoms with E-state index in [-0.39, 0.29) is 11.3 Å². The van der Waals surface area contributed by atoms with Gasteiger partial charge < -0.3 is 10.5 Å². The summed E-state index contributed by atoms with van der Waals surface area (Å²) in [4.78, 5) is 11.8. The summed E-state index contributed by atoms with van der Waals surface area (Å²) in [6, 6.07) is 3.82. The zero-order valence-corrected chi connectivity index (χ0v) is 13.2. The van der Waals surface area contributed by atoms with Gasteiger partial charge >= 0.3 is 12.1 Å². The van der Waals surface area contributed by atoms with E-state index >= 15 is 0 Å². The number of ether oxygens (including phenoxy) is 1. The third kappa shape index (κ3) is 3.63. The van der Waals surface area contributed by atoms with E-state index in [0.29, 0.717) is 9.15 Å². The largest absolute Gasteiger partial charge is 0.465 e. The molecule has 2 N–H and O–H groups in total. The van der Waals surface area contributed by atoms with Crippen LogP contribution in [0.2, 0.25) is 0 Å². The summed E-state index contributed by atoms with van der Waals surface area (Å²) in [6.45, 7) is -1.51. The number of rotatable bonds is 3. The van der Waals surface area contributed by atoms with Crippen LogP contribution < -0.4 is 5.73 Å². The lowest BCUT2D eigenvalue weighted by molar-refractivity contribution is -0.142. The second-order valence-corrected chi connectivity index (χ2v) is 5.41. The van der Waals surface area contributed by atoms with Crippen LogP contribution in [0.3, 0.4) is 0 Å². The number of methoxy groups -OCH3 is 1. The molecule has 0 unspecified atom stereocenters. The number of aromatic nitrogens is 2. The Kier molecular flexibility index (Phi) is 4.64. The Hall–Kier alpha value is -2.10. The minimum absolute atomic E-state index is 0.166. The molecule has 2 aromatic rings. The van der Waals surface area contributed by atoms with Gasteiger partial charge in [-0.3, -0.25) is 0 Å². The van der Waals surface area contributed by atoms with Crippen LogP contribution in [0.1, 0.15) is 10.4 Å². The summed E-state index contributed by atoms with van der Waals surface area (Å²) in [6.07, 6.45) is -4.61. The van der Waals surface area contributed by atoms with E-state index in [9.17, 15) is 22.4 Å². The van der Waals surface area contributed by atoms with Gasteiger partial charge in [0.15, 0.2) is 0 Å². The number of nitrogen functional groups attached to an aromatic ring is 1. The summed E-state index contributed by atoms with van der Waals surface area (Å²) < 4.78 is 57.1. The van der Waals surface area contributed by atoms with Crippen molar-refractivity contribution in [2.75, 3.05) is 12.8 Å². The highest BCUT2D eigenvalue weighted by atomic mass is 79.9. The minimum Gasteiger partial charge on any atom is -0.465 e. The van der Waals surface area contributed by atoms with Crippen LogP contribution in [0.4, 0.5) is 23.4 Å². The van der Waals surface area contributed by atoms with Gasteiger partial charge in [0, 0.05) is 10.0 Å². The minimum atomic E-state index is -4.61. The first-order valence-electron chi connectivity index (χ1n) is 6.11. The molecule has 0 aliphatic carbocycles. The topological polar surface area (TPSA) is 70.1 Å². The Morgan fingerprint density at radius 2 is 2.09 bits per heavy atom. The fourth-order valence-electron chi connectivity index (χ4n) is 1.94. The maximum absolute atomic E-state index is 14.1. The zero-order chi connectivity index (χ0) is 17.4. The number of hydrogen-bond acceptors (Lipinski definition) is 4. The van der Waals surface area contributed by atoms with Crippen molar-refractivity contribution in [3.63, 3.8) is 0 Å². The molecule has 0 saturated heterocycles. The SMILES string of the molecule is COC(=O)c1c(-c2ccc(Br)cc2F)nn(CC(F)(F)F)c1N. The molecule has 0 spiro atoms. The Morgan fingerprint density at radius 3 is 2.61 bits per heavy atom. The van der Waals surface area contributed by atoms with Gasteiger partial charge in [0.1, 0.15) is 29.4 Å². The van der Waals surface area contributed by atoms with Crippen molar-refractivity contribution in [3.05, 3.63) is 34.1 Å². The molecule has 1 aromatic carbocycles. The average Bonchev–Trinajstić information content (AvgIpc) is 2.73. The van der Waals surface area contributed by atoms with Gasteiger partial charge in [-0.15, -0.1) is 0 Å². The maximum atomic E-state index is 14.1. The van der Waals surface area contributed by atoms with E-state index < -0.39 is 35.9 Å². The summed E-state index contributed by atoms with van der Waals surface area (Å²) in [7, 11) is 1.03. The number of hydrogen-bond donors (Lipinski definition) is 1. The summed E-state index contributed by atoms with van der Waals surface area (Å²) in [5.74, 6) is -2.33. The molecule has 2 rings (SSSR count). The van der Waals surface area contributed by atoms with Crippen LogP contribution in [-0.4, -0.2) is 29.0 Å². The molecular formula is C13H10BrF4N3O2. The molecule has 1 aromatic heterocycles. The van der Waals surface area contributed by atoms with Gasteiger partial charge in [0.05, 0.1) is 7.11 Å². The van der Waals surface area contributed by atoms with E-state index in [1.807, 2.05) is 0 Å². The molecule has 0 saturated carbocycles. The zero-order valence-electron chi connectivity index (χ0n) is 11.6. The van der Waals surface area contributed by atoms with E-state index in [2.05, 4.69) is 25.8 Å². The van der Waals surface area contributed by atoms with Gasteiger partial charge in [-0.05, 0) is 18.2 Å². The molecule has 1 heterocycles. The summed E-state index contributed by atoms with van der Waals surface area (Å²) in [5, 5.41) is 3.64. The predicted molar refractivity (Wildman–Crippen MR) is 77.1 cm³/mol. The van der Waals surface area contributed by atoms with Crippen LogP contribution in [0.15, 0.2) is 22.7 Å². The monoisotopic (exact) mass is 395 g/mol. The first-order chi connectivity index (χ1) is 10.6. The fourth-order valence-corrected chi connectivity index (χ4v) is 2.27. The number of carbonyl (C=O) groups excluding carboxylic acids is 1. The number of esters is 1. The Balaban J connectivity index is 2.66.